The number of hydrogen-bond acceptors (Lipinski definition) is 2. The lowest BCUT2D eigenvalue weighted by Crippen LogP contribution is -2.11. The van der Waals surface area contributed by atoms with E-state index in [4.69, 9.17) is 0 Å². The van der Waals surface area contributed by atoms with Gasteiger partial charge in [0.05, 0.1) is 4.61 Å². The molecule has 0 heterocycles. The lowest BCUT2D eigenvalue weighted by atomic mass is 10.3. The summed E-state index contributed by atoms with van der Waals surface area (Å²) in [5.41, 5.74) is 1.08. The van der Waals surface area contributed by atoms with Crippen molar-refractivity contribution in [3.05, 3.63) is 53.2 Å². The molecular formula is C12H12BrNO. The molecule has 0 spiro atoms. The highest BCUT2D eigenvalue weighted by molar-refractivity contribution is 9.11. The molecule has 0 aliphatic heterocycles. The Morgan fingerprint density at radius 3 is 2.53 bits per heavy atom. The van der Waals surface area contributed by atoms with Crippen LogP contribution < -0.4 is 4.90 Å². The molecule has 0 aliphatic carbocycles. The third-order valence-electron chi connectivity index (χ3n) is 1.89. The first-order chi connectivity index (χ1) is 7.25. The summed E-state index contributed by atoms with van der Waals surface area (Å²) in [4.78, 5) is 12.1. The van der Waals surface area contributed by atoms with Crippen LogP contribution in [0.4, 0.5) is 5.69 Å². The van der Waals surface area contributed by atoms with Gasteiger partial charge in [0.25, 0.3) is 0 Å². The summed E-state index contributed by atoms with van der Waals surface area (Å²) in [6.07, 6.45) is 5.71. The van der Waals surface area contributed by atoms with E-state index in [1.54, 1.807) is 6.08 Å². The highest BCUT2D eigenvalue weighted by atomic mass is 79.9. The Hall–Kier alpha value is -1.35. The Labute approximate surface area is 98.0 Å². The number of para-hydroxylation sites is 1. The summed E-state index contributed by atoms with van der Waals surface area (Å²) >= 11 is 3.43. The van der Waals surface area contributed by atoms with Crippen molar-refractivity contribution in [3.8, 4) is 0 Å². The smallest absolute Gasteiger partial charge is 0.142 e. The fraction of sp³-hybridized carbons (Fsp3) is 0.0833. The maximum absolute atomic E-state index is 10.1. The van der Waals surface area contributed by atoms with Crippen LogP contribution in [-0.4, -0.2) is 13.3 Å². The zero-order valence-electron chi connectivity index (χ0n) is 8.43. The SMILES string of the molecule is CN(/C(Br)=C/C=C/C=O)c1ccccc1. The van der Waals surface area contributed by atoms with Gasteiger partial charge in [-0.1, -0.05) is 24.3 Å². The number of rotatable bonds is 4. The second-order valence-corrected chi connectivity index (χ2v) is 3.72. The first-order valence-corrected chi connectivity index (χ1v) is 5.31. The molecule has 2 nitrogen and oxygen atoms in total. The van der Waals surface area contributed by atoms with Gasteiger partial charge in [0.2, 0.25) is 0 Å². The normalized spacial score (nSPS) is 11.7. The summed E-state index contributed by atoms with van der Waals surface area (Å²) in [7, 11) is 1.95. The van der Waals surface area contributed by atoms with Crippen molar-refractivity contribution < 1.29 is 4.79 Å². The van der Waals surface area contributed by atoms with E-state index in [0.29, 0.717) is 0 Å². The summed E-state index contributed by atoms with van der Waals surface area (Å²) < 4.78 is 0.895. The van der Waals surface area contributed by atoms with Crippen molar-refractivity contribution >= 4 is 27.9 Å². The number of carbonyl (C=O) groups is 1. The third kappa shape index (κ3) is 3.72. The van der Waals surface area contributed by atoms with Crippen LogP contribution in [0.2, 0.25) is 0 Å². The van der Waals surface area contributed by atoms with Crippen molar-refractivity contribution in [1.82, 2.24) is 0 Å². The molecule has 3 heteroatoms. The van der Waals surface area contributed by atoms with E-state index in [0.717, 1.165) is 16.6 Å². The molecule has 0 radical (unpaired) electrons. The molecular weight excluding hydrogens is 254 g/mol. The molecule has 0 unspecified atom stereocenters. The second-order valence-electron chi connectivity index (χ2n) is 2.90. The van der Waals surface area contributed by atoms with Crippen molar-refractivity contribution in [2.75, 3.05) is 11.9 Å². The average molecular weight is 266 g/mol. The minimum atomic E-state index is 0.749. The number of halogens is 1. The molecule has 0 amide bonds. The lowest BCUT2D eigenvalue weighted by molar-refractivity contribution is -0.104. The molecule has 0 aromatic heterocycles. The third-order valence-corrected chi connectivity index (χ3v) is 2.68. The Morgan fingerprint density at radius 2 is 1.93 bits per heavy atom. The van der Waals surface area contributed by atoms with E-state index >= 15 is 0 Å². The van der Waals surface area contributed by atoms with Crippen LogP contribution in [0, 0.1) is 0 Å². The van der Waals surface area contributed by atoms with E-state index < -0.39 is 0 Å². The monoisotopic (exact) mass is 265 g/mol. The van der Waals surface area contributed by atoms with Crippen molar-refractivity contribution in [1.29, 1.82) is 0 Å². The molecule has 0 saturated heterocycles. The molecule has 1 aromatic carbocycles. The highest BCUT2D eigenvalue weighted by Crippen LogP contribution is 2.20. The van der Waals surface area contributed by atoms with E-state index in [1.165, 1.54) is 6.08 Å². The van der Waals surface area contributed by atoms with E-state index in [-0.39, 0.29) is 0 Å². The highest BCUT2D eigenvalue weighted by Gasteiger charge is 2.01. The van der Waals surface area contributed by atoms with Crippen molar-refractivity contribution in [2.45, 2.75) is 0 Å². The Balaban J connectivity index is 2.76. The number of allylic oxidation sites excluding steroid dienone is 3. The molecule has 0 aliphatic rings. The average Bonchev–Trinajstić information content (AvgIpc) is 2.29. The Morgan fingerprint density at radius 1 is 1.27 bits per heavy atom. The maximum Gasteiger partial charge on any atom is 0.142 e. The largest absolute Gasteiger partial charge is 0.339 e. The number of hydrogen-bond donors (Lipinski definition) is 0. The van der Waals surface area contributed by atoms with Crippen molar-refractivity contribution in [3.63, 3.8) is 0 Å². The molecule has 78 valence electrons. The molecule has 0 N–H and O–H groups in total. The van der Waals surface area contributed by atoms with Gasteiger partial charge in [-0.15, -0.1) is 0 Å². The number of anilines is 1. The standard InChI is InChI=1S/C12H12BrNO/c1-14(11-7-3-2-4-8-11)12(13)9-5-6-10-15/h2-10H,1H3/b6-5+,12-9+. The van der Waals surface area contributed by atoms with Gasteiger partial charge in [-0.2, -0.15) is 0 Å². The van der Waals surface area contributed by atoms with E-state index in [1.807, 2.05) is 48.4 Å². The summed E-state index contributed by atoms with van der Waals surface area (Å²) in [5.74, 6) is 0. The summed E-state index contributed by atoms with van der Waals surface area (Å²) in [6, 6.07) is 9.96. The van der Waals surface area contributed by atoms with Gasteiger partial charge in [0.1, 0.15) is 6.29 Å². The topological polar surface area (TPSA) is 20.3 Å². The van der Waals surface area contributed by atoms with Crippen LogP contribution in [0.3, 0.4) is 0 Å². The van der Waals surface area contributed by atoms with Gasteiger partial charge in [-0.05, 0) is 40.2 Å². The second kappa shape index (κ2) is 6.19. The quantitative estimate of drug-likeness (QED) is 0.361. The molecule has 0 fully saturated rings. The minimum absolute atomic E-state index is 0.749. The van der Waals surface area contributed by atoms with Gasteiger partial charge < -0.3 is 4.90 Å². The zero-order valence-corrected chi connectivity index (χ0v) is 10.0. The fourth-order valence-corrected chi connectivity index (χ4v) is 1.42. The van der Waals surface area contributed by atoms with Crippen LogP contribution in [0.5, 0.6) is 0 Å². The molecule has 1 rings (SSSR count). The molecule has 0 saturated carbocycles. The molecule has 0 atom stereocenters. The minimum Gasteiger partial charge on any atom is -0.339 e. The van der Waals surface area contributed by atoms with Gasteiger partial charge in [0, 0.05) is 12.7 Å². The maximum atomic E-state index is 10.1. The number of benzene rings is 1. The molecule has 1 aromatic rings. The number of carbonyl (C=O) groups excluding carboxylic acids is 1. The van der Waals surface area contributed by atoms with E-state index in [9.17, 15) is 4.79 Å². The zero-order chi connectivity index (χ0) is 11.1. The number of aldehydes is 1. The van der Waals surface area contributed by atoms with Gasteiger partial charge in [-0.3, -0.25) is 4.79 Å². The summed E-state index contributed by atoms with van der Waals surface area (Å²) in [6.45, 7) is 0. The molecule has 15 heavy (non-hydrogen) atoms. The summed E-state index contributed by atoms with van der Waals surface area (Å²) in [5, 5.41) is 0. The first-order valence-electron chi connectivity index (χ1n) is 4.52. The first kappa shape index (κ1) is 11.7. The molecule has 0 bridgehead atoms. The van der Waals surface area contributed by atoms with Crippen LogP contribution in [0.15, 0.2) is 53.2 Å². The van der Waals surface area contributed by atoms with E-state index in [2.05, 4.69) is 15.9 Å². The number of nitrogens with zero attached hydrogens (tertiary/aromatic N) is 1. The van der Waals surface area contributed by atoms with Crippen LogP contribution in [0.1, 0.15) is 0 Å². The predicted octanol–water partition coefficient (Wildman–Crippen LogP) is 3.11. The van der Waals surface area contributed by atoms with Crippen molar-refractivity contribution in [2.24, 2.45) is 0 Å². The Kier molecular flexibility index (Phi) is 4.84. The Bertz CT molecular complexity index is 370. The lowest BCUT2D eigenvalue weighted by Gasteiger charge is -2.17. The van der Waals surface area contributed by atoms with Gasteiger partial charge in [0.15, 0.2) is 0 Å². The predicted molar refractivity (Wildman–Crippen MR) is 67.1 cm³/mol. The van der Waals surface area contributed by atoms with Gasteiger partial charge >= 0.3 is 0 Å². The van der Waals surface area contributed by atoms with Crippen LogP contribution in [-0.2, 0) is 4.79 Å². The van der Waals surface area contributed by atoms with Crippen LogP contribution >= 0.6 is 15.9 Å². The van der Waals surface area contributed by atoms with Crippen LogP contribution in [0.25, 0.3) is 0 Å². The van der Waals surface area contributed by atoms with Gasteiger partial charge in [-0.25, -0.2) is 0 Å². The fourth-order valence-electron chi connectivity index (χ4n) is 1.07.